The minimum Gasteiger partial charge on any atom is -0.278 e. The molecule has 0 amide bonds. The van der Waals surface area contributed by atoms with Gasteiger partial charge in [-0.05, 0) is 28.4 Å². The molecule has 0 radical (unpaired) electrons. The van der Waals surface area contributed by atoms with E-state index in [0.717, 1.165) is 15.9 Å². The van der Waals surface area contributed by atoms with Crippen LogP contribution >= 0.6 is 15.9 Å². The monoisotopic (exact) mass is 211 g/mol. The molecule has 0 bridgehead atoms. The van der Waals surface area contributed by atoms with Crippen molar-refractivity contribution < 1.29 is 0 Å². The average Bonchev–Trinajstić information content (AvgIpc) is 2.33. The van der Waals surface area contributed by atoms with E-state index in [2.05, 4.69) is 25.9 Å². The number of hydrogen-bond donors (Lipinski definition) is 0. The first-order chi connectivity index (χ1) is 5.27. The van der Waals surface area contributed by atoms with E-state index in [1.54, 1.807) is 12.4 Å². The van der Waals surface area contributed by atoms with E-state index in [1.807, 2.05) is 17.5 Å². The van der Waals surface area contributed by atoms with Crippen molar-refractivity contribution in [3.05, 3.63) is 28.8 Å². The number of halogens is 1. The van der Waals surface area contributed by atoms with E-state index in [9.17, 15) is 0 Å². The van der Waals surface area contributed by atoms with Crippen LogP contribution in [0.5, 0.6) is 0 Å². The molecule has 0 unspecified atom stereocenters. The van der Waals surface area contributed by atoms with Gasteiger partial charge >= 0.3 is 0 Å². The number of nitrogens with zero attached hydrogens (tertiary/aromatic N) is 3. The van der Waals surface area contributed by atoms with Crippen molar-refractivity contribution in [2.24, 2.45) is 0 Å². The molecule has 0 saturated carbocycles. The third-order valence-corrected chi connectivity index (χ3v) is 2.04. The second-order valence-corrected chi connectivity index (χ2v) is 3.19. The van der Waals surface area contributed by atoms with Gasteiger partial charge in [0.15, 0.2) is 0 Å². The molecule has 4 heteroatoms. The Morgan fingerprint density at radius 1 is 1.36 bits per heavy atom. The molecule has 0 fully saturated rings. The van der Waals surface area contributed by atoms with Crippen molar-refractivity contribution in [1.29, 1.82) is 0 Å². The predicted molar refractivity (Wildman–Crippen MR) is 45.4 cm³/mol. The summed E-state index contributed by atoms with van der Waals surface area (Å²) in [5.41, 5.74) is 1.12. The maximum Gasteiger partial charge on any atom is 0.234 e. The van der Waals surface area contributed by atoms with Crippen LogP contribution in [-0.2, 0) is 0 Å². The Labute approximate surface area is 72.2 Å². The highest BCUT2D eigenvalue weighted by Crippen LogP contribution is 2.11. The van der Waals surface area contributed by atoms with Gasteiger partial charge in [-0.15, -0.1) is 0 Å². The van der Waals surface area contributed by atoms with Crippen LogP contribution in [0.1, 0.15) is 5.56 Å². The van der Waals surface area contributed by atoms with Crippen LogP contribution < -0.4 is 0 Å². The first kappa shape index (κ1) is 6.79. The number of imidazole rings is 1. The fourth-order valence-electron chi connectivity index (χ4n) is 0.942. The maximum atomic E-state index is 4.12. The van der Waals surface area contributed by atoms with Crippen molar-refractivity contribution in [3.8, 4) is 0 Å². The van der Waals surface area contributed by atoms with Crippen LogP contribution in [0.25, 0.3) is 5.78 Å². The summed E-state index contributed by atoms with van der Waals surface area (Å²) in [4.78, 5) is 8.19. The van der Waals surface area contributed by atoms with E-state index < -0.39 is 0 Å². The topological polar surface area (TPSA) is 30.2 Å². The van der Waals surface area contributed by atoms with Gasteiger partial charge in [0.2, 0.25) is 5.78 Å². The van der Waals surface area contributed by atoms with E-state index >= 15 is 0 Å². The Hall–Kier alpha value is -0.900. The Bertz CT molecular complexity index is 393. The number of aromatic nitrogens is 3. The second kappa shape index (κ2) is 2.30. The molecule has 3 nitrogen and oxygen atoms in total. The van der Waals surface area contributed by atoms with Crippen molar-refractivity contribution in [2.45, 2.75) is 6.92 Å². The van der Waals surface area contributed by atoms with E-state index in [-0.39, 0.29) is 0 Å². The number of fused-ring (bicyclic) bond motifs is 1. The lowest BCUT2D eigenvalue weighted by atomic mass is 10.4. The fraction of sp³-hybridized carbons (Fsp3) is 0.143. The summed E-state index contributed by atoms with van der Waals surface area (Å²) in [6.07, 6.45) is 5.52. The molecule has 0 aromatic carbocycles. The van der Waals surface area contributed by atoms with Gasteiger partial charge in [-0.1, -0.05) is 0 Å². The fourth-order valence-corrected chi connectivity index (χ4v) is 1.31. The van der Waals surface area contributed by atoms with E-state index in [1.165, 1.54) is 0 Å². The molecule has 0 N–H and O–H groups in total. The summed E-state index contributed by atoms with van der Waals surface area (Å²) in [5, 5.41) is 0. The zero-order valence-corrected chi connectivity index (χ0v) is 7.54. The highest BCUT2D eigenvalue weighted by atomic mass is 79.9. The molecule has 0 aliphatic heterocycles. The molecule has 56 valence electrons. The molecule has 11 heavy (non-hydrogen) atoms. The Balaban J connectivity index is 2.87. The van der Waals surface area contributed by atoms with Crippen molar-refractivity contribution in [1.82, 2.24) is 14.4 Å². The molecule has 2 heterocycles. The molecule has 0 spiro atoms. The lowest BCUT2D eigenvalue weighted by Gasteiger charge is -1.94. The highest BCUT2D eigenvalue weighted by molar-refractivity contribution is 9.10. The van der Waals surface area contributed by atoms with E-state index in [4.69, 9.17) is 0 Å². The quantitative estimate of drug-likeness (QED) is 0.666. The summed E-state index contributed by atoms with van der Waals surface area (Å²) >= 11 is 3.36. The minimum atomic E-state index is 0.725. The first-order valence-electron chi connectivity index (χ1n) is 3.22. The summed E-state index contributed by atoms with van der Waals surface area (Å²) in [7, 11) is 0. The Kier molecular flexibility index (Phi) is 1.42. The summed E-state index contributed by atoms with van der Waals surface area (Å²) in [6, 6.07) is 0. The third-order valence-electron chi connectivity index (χ3n) is 1.45. The van der Waals surface area contributed by atoms with Gasteiger partial charge in [-0.2, -0.15) is 0 Å². The number of rotatable bonds is 0. The van der Waals surface area contributed by atoms with Gasteiger partial charge in [-0.3, -0.25) is 4.40 Å². The SMILES string of the molecule is Cc1cnc2ncc(Br)n2c1. The van der Waals surface area contributed by atoms with Crippen molar-refractivity contribution in [2.75, 3.05) is 0 Å². The Morgan fingerprint density at radius 2 is 2.09 bits per heavy atom. The van der Waals surface area contributed by atoms with Gasteiger partial charge < -0.3 is 0 Å². The van der Waals surface area contributed by atoms with Crippen LogP contribution in [0, 0.1) is 6.92 Å². The van der Waals surface area contributed by atoms with Gasteiger partial charge in [-0.25, -0.2) is 9.97 Å². The number of aryl methyl sites for hydroxylation is 1. The maximum absolute atomic E-state index is 4.12. The summed E-state index contributed by atoms with van der Waals surface area (Å²) in [5.74, 6) is 0.725. The number of hydrogen-bond acceptors (Lipinski definition) is 2. The first-order valence-corrected chi connectivity index (χ1v) is 4.02. The Morgan fingerprint density at radius 3 is 2.91 bits per heavy atom. The molecular weight excluding hydrogens is 206 g/mol. The zero-order chi connectivity index (χ0) is 7.84. The van der Waals surface area contributed by atoms with Crippen molar-refractivity contribution >= 4 is 21.7 Å². The lowest BCUT2D eigenvalue weighted by molar-refractivity contribution is 1.06. The summed E-state index contributed by atoms with van der Waals surface area (Å²) < 4.78 is 2.83. The standard InChI is InChI=1S/C7H6BrN3/c1-5-2-9-7-10-3-6(8)11(7)4-5/h2-4H,1H3. The van der Waals surface area contributed by atoms with Crippen LogP contribution in [0.2, 0.25) is 0 Å². The normalized spacial score (nSPS) is 10.7. The molecule has 0 aliphatic rings. The molecular formula is C7H6BrN3. The predicted octanol–water partition coefficient (Wildman–Crippen LogP) is 1.80. The largest absolute Gasteiger partial charge is 0.278 e. The second-order valence-electron chi connectivity index (χ2n) is 2.38. The average molecular weight is 212 g/mol. The minimum absolute atomic E-state index is 0.725. The molecule has 2 aromatic heterocycles. The zero-order valence-electron chi connectivity index (χ0n) is 5.95. The van der Waals surface area contributed by atoms with Gasteiger partial charge in [0, 0.05) is 12.4 Å². The van der Waals surface area contributed by atoms with Gasteiger partial charge in [0.05, 0.1) is 6.20 Å². The molecule has 2 rings (SSSR count). The molecule has 0 atom stereocenters. The van der Waals surface area contributed by atoms with Gasteiger partial charge in [0.25, 0.3) is 0 Å². The smallest absolute Gasteiger partial charge is 0.234 e. The third kappa shape index (κ3) is 1.03. The van der Waals surface area contributed by atoms with Crippen LogP contribution in [0.4, 0.5) is 0 Å². The lowest BCUT2D eigenvalue weighted by Crippen LogP contribution is -1.89. The van der Waals surface area contributed by atoms with E-state index in [0.29, 0.717) is 0 Å². The molecule has 0 aliphatic carbocycles. The molecule has 2 aromatic rings. The van der Waals surface area contributed by atoms with Crippen LogP contribution in [0.3, 0.4) is 0 Å². The van der Waals surface area contributed by atoms with Crippen LogP contribution in [0.15, 0.2) is 23.2 Å². The molecule has 0 saturated heterocycles. The summed E-state index contributed by atoms with van der Waals surface area (Å²) in [6.45, 7) is 2.00. The highest BCUT2D eigenvalue weighted by Gasteiger charge is 1.98. The van der Waals surface area contributed by atoms with Gasteiger partial charge in [0.1, 0.15) is 4.60 Å². The van der Waals surface area contributed by atoms with Crippen molar-refractivity contribution in [3.63, 3.8) is 0 Å². The van der Waals surface area contributed by atoms with Crippen LogP contribution in [-0.4, -0.2) is 14.4 Å².